The first kappa shape index (κ1) is 18.1. The van der Waals surface area contributed by atoms with E-state index in [1.807, 2.05) is 0 Å². The molecule has 0 aliphatic rings. The summed E-state index contributed by atoms with van der Waals surface area (Å²) in [5.41, 5.74) is 0.748. The highest BCUT2D eigenvalue weighted by Gasteiger charge is 2.20. The first-order valence-electron chi connectivity index (χ1n) is 7.15. The van der Waals surface area contributed by atoms with Gasteiger partial charge in [0.2, 0.25) is 5.01 Å². The summed E-state index contributed by atoms with van der Waals surface area (Å²) in [4.78, 5) is 22.3. The molecule has 2 heterocycles. The predicted octanol–water partition coefficient (Wildman–Crippen LogP) is 2.52. The highest BCUT2D eigenvalue weighted by molar-refractivity contribution is 9.10. The Balaban J connectivity index is 1.61. The third-order valence-corrected chi connectivity index (χ3v) is 4.66. The van der Waals surface area contributed by atoms with Crippen LogP contribution >= 0.6 is 27.3 Å². The van der Waals surface area contributed by atoms with Gasteiger partial charge in [-0.25, -0.2) is 4.39 Å². The topological polar surface area (TPSA) is 116 Å². The molecule has 1 amide bonds. The molecule has 26 heavy (non-hydrogen) atoms. The van der Waals surface area contributed by atoms with Crippen molar-refractivity contribution in [3.8, 4) is 0 Å². The summed E-state index contributed by atoms with van der Waals surface area (Å²) >= 11 is 4.12. The molecule has 0 aliphatic heterocycles. The molecule has 0 aliphatic carbocycles. The van der Waals surface area contributed by atoms with Crippen molar-refractivity contribution < 1.29 is 14.1 Å². The van der Waals surface area contributed by atoms with E-state index in [1.165, 1.54) is 23.0 Å². The van der Waals surface area contributed by atoms with Gasteiger partial charge in [0.25, 0.3) is 5.91 Å². The van der Waals surface area contributed by atoms with Gasteiger partial charge in [-0.2, -0.15) is 4.68 Å². The third kappa shape index (κ3) is 4.26. The number of benzene rings is 1. The number of carbonyl (C=O) groups excluding carboxylic acids is 1. The van der Waals surface area contributed by atoms with Crippen LogP contribution in [0.4, 0.5) is 10.2 Å². The molecule has 1 N–H and O–H groups in total. The first-order chi connectivity index (χ1) is 12.4. The molecule has 12 heteroatoms. The van der Waals surface area contributed by atoms with Crippen molar-refractivity contribution in [3.05, 3.63) is 66.4 Å². The number of hydrogen-bond acceptors (Lipinski definition) is 7. The van der Waals surface area contributed by atoms with Crippen LogP contribution < -0.4 is 5.32 Å². The molecule has 0 atom stereocenters. The van der Waals surface area contributed by atoms with Crippen molar-refractivity contribution in [1.29, 1.82) is 0 Å². The monoisotopic (exact) mass is 440 g/mol. The fraction of sp³-hybridized carbons (Fsp3) is 0.143. The Hall–Kier alpha value is -2.73. The molecule has 9 nitrogen and oxygen atoms in total. The minimum absolute atomic E-state index is 0.148. The van der Waals surface area contributed by atoms with E-state index >= 15 is 0 Å². The molecule has 0 bridgehead atoms. The summed E-state index contributed by atoms with van der Waals surface area (Å²) in [5, 5.41) is 25.6. The molecule has 0 saturated heterocycles. The van der Waals surface area contributed by atoms with Crippen LogP contribution in [0.5, 0.6) is 0 Å². The molecular weight excluding hydrogens is 431 g/mol. The van der Waals surface area contributed by atoms with Gasteiger partial charge >= 0.3 is 5.82 Å². The van der Waals surface area contributed by atoms with Gasteiger partial charge in [0.1, 0.15) is 21.8 Å². The average molecular weight is 441 g/mol. The van der Waals surface area contributed by atoms with Crippen LogP contribution in [-0.4, -0.2) is 30.8 Å². The van der Waals surface area contributed by atoms with Gasteiger partial charge in [0, 0.05) is 6.54 Å². The zero-order valence-corrected chi connectivity index (χ0v) is 15.3. The number of hydrogen-bond donors (Lipinski definition) is 1. The molecule has 0 fully saturated rings. The van der Waals surface area contributed by atoms with Crippen LogP contribution in [0.25, 0.3) is 0 Å². The Morgan fingerprint density at radius 1 is 1.35 bits per heavy atom. The van der Waals surface area contributed by atoms with E-state index in [4.69, 9.17) is 0 Å². The molecule has 0 radical (unpaired) electrons. The lowest BCUT2D eigenvalue weighted by atomic mass is 10.2. The van der Waals surface area contributed by atoms with Gasteiger partial charge in [0.05, 0.1) is 11.3 Å². The van der Waals surface area contributed by atoms with Gasteiger partial charge in [-0.05, 0) is 38.5 Å². The Labute approximate surface area is 158 Å². The zero-order chi connectivity index (χ0) is 18.7. The number of nitro groups is 1. The largest absolute Gasteiger partial charge is 0.404 e. The van der Waals surface area contributed by atoms with Crippen molar-refractivity contribution in [2.75, 3.05) is 0 Å². The molecule has 3 rings (SSSR count). The van der Waals surface area contributed by atoms with Crippen LogP contribution in [0.2, 0.25) is 0 Å². The third-order valence-electron chi connectivity index (χ3n) is 3.20. The predicted molar refractivity (Wildman–Crippen MR) is 93.2 cm³/mol. The second kappa shape index (κ2) is 7.66. The molecule has 134 valence electrons. The number of nitrogens with zero attached hydrogens (tertiary/aromatic N) is 5. The summed E-state index contributed by atoms with van der Waals surface area (Å²) in [6, 6.07) is 5.77. The van der Waals surface area contributed by atoms with Gasteiger partial charge in [0.15, 0.2) is 0 Å². The van der Waals surface area contributed by atoms with E-state index in [1.54, 1.807) is 12.1 Å². The minimum Gasteiger partial charge on any atom is -0.358 e. The minimum atomic E-state index is -0.602. The SMILES string of the molecule is O=C(NCc1ccc(F)cc1)c1nnc(Cn2cc(Br)c([N+](=O)[O-])n2)s1. The van der Waals surface area contributed by atoms with Crippen molar-refractivity contribution in [3.63, 3.8) is 0 Å². The van der Waals surface area contributed by atoms with Crippen LogP contribution in [0.15, 0.2) is 34.9 Å². The number of aromatic nitrogens is 4. The van der Waals surface area contributed by atoms with Crippen LogP contribution in [0, 0.1) is 15.9 Å². The van der Waals surface area contributed by atoms with Gasteiger partial charge in [-0.3, -0.25) is 4.79 Å². The normalized spacial score (nSPS) is 10.7. The Bertz CT molecular complexity index is 958. The standard InChI is InChI=1S/C14H10BrFN6O3S/c15-10-6-21(20-12(10)22(24)25)7-11-18-19-14(26-11)13(23)17-5-8-1-3-9(16)4-2-8/h1-4,6H,5,7H2,(H,17,23). The maximum atomic E-state index is 12.9. The Kier molecular flexibility index (Phi) is 5.32. The quantitative estimate of drug-likeness (QED) is 0.464. The molecule has 0 spiro atoms. The van der Waals surface area contributed by atoms with E-state index in [2.05, 4.69) is 36.5 Å². The summed E-state index contributed by atoms with van der Waals surface area (Å²) in [6.45, 7) is 0.377. The average Bonchev–Trinajstić information content (AvgIpc) is 3.21. The summed E-state index contributed by atoms with van der Waals surface area (Å²) < 4.78 is 14.4. The summed E-state index contributed by atoms with van der Waals surface area (Å²) in [7, 11) is 0. The fourth-order valence-electron chi connectivity index (χ4n) is 2.00. The maximum Gasteiger partial charge on any atom is 0.404 e. The number of nitrogens with one attached hydrogen (secondary N) is 1. The Morgan fingerprint density at radius 2 is 2.08 bits per heavy atom. The Morgan fingerprint density at radius 3 is 2.73 bits per heavy atom. The number of rotatable bonds is 6. The highest BCUT2D eigenvalue weighted by Crippen LogP contribution is 2.23. The lowest BCUT2D eigenvalue weighted by Gasteiger charge is -2.02. The highest BCUT2D eigenvalue weighted by atomic mass is 79.9. The molecule has 3 aromatic rings. The molecule has 0 unspecified atom stereocenters. The van der Waals surface area contributed by atoms with Crippen LogP contribution in [-0.2, 0) is 13.1 Å². The lowest BCUT2D eigenvalue weighted by molar-refractivity contribution is -0.390. The van der Waals surface area contributed by atoms with E-state index in [9.17, 15) is 19.3 Å². The maximum absolute atomic E-state index is 12.9. The van der Waals surface area contributed by atoms with Gasteiger partial charge in [-0.15, -0.1) is 10.2 Å². The number of amides is 1. The second-order valence-electron chi connectivity index (χ2n) is 5.07. The van der Waals surface area contributed by atoms with E-state index in [-0.39, 0.29) is 34.2 Å². The van der Waals surface area contributed by atoms with Crippen molar-refractivity contribution >= 4 is 39.0 Å². The van der Waals surface area contributed by atoms with Crippen molar-refractivity contribution in [2.24, 2.45) is 0 Å². The summed E-state index contributed by atoms with van der Waals surface area (Å²) in [5.74, 6) is -1.06. The van der Waals surface area contributed by atoms with Gasteiger partial charge in [-0.1, -0.05) is 23.5 Å². The van der Waals surface area contributed by atoms with E-state index < -0.39 is 10.8 Å². The smallest absolute Gasteiger partial charge is 0.358 e. The van der Waals surface area contributed by atoms with Crippen molar-refractivity contribution in [2.45, 2.75) is 13.1 Å². The van der Waals surface area contributed by atoms with Crippen LogP contribution in [0.3, 0.4) is 0 Å². The fourth-order valence-corrected chi connectivity index (χ4v) is 3.21. The summed E-state index contributed by atoms with van der Waals surface area (Å²) in [6.07, 6.45) is 1.45. The van der Waals surface area contributed by atoms with Crippen LogP contribution in [0.1, 0.15) is 20.4 Å². The van der Waals surface area contributed by atoms with Crippen molar-refractivity contribution in [1.82, 2.24) is 25.3 Å². The first-order valence-corrected chi connectivity index (χ1v) is 8.75. The number of carbonyl (C=O) groups is 1. The van der Waals surface area contributed by atoms with E-state index in [0.29, 0.717) is 5.01 Å². The molecule has 0 saturated carbocycles. The molecular formula is C14H10BrFN6O3S. The molecule has 1 aromatic carbocycles. The lowest BCUT2D eigenvalue weighted by Crippen LogP contribution is -2.22. The molecule has 2 aromatic heterocycles. The van der Waals surface area contributed by atoms with E-state index in [0.717, 1.165) is 16.9 Å². The zero-order valence-electron chi connectivity index (χ0n) is 12.9. The second-order valence-corrected chi connectivity index (χ2v) is 6.98. The number of halogens is 2. The van der Waals surface area contributed by atoms with Gasteiger partial charge < -0.3 is 15.4 Å².